The summed E-state index contributed by atoms with van der Waals surface area (Å²) in [5.41, 5.74) is 3.33. The van der Waals surface area contributed by atoms with E-state index in [2.05, 4.69) is 10.3 Å². The number of fused-ring (bicyclic) bond motifs is 1. The lowest BCUT2D eigenvalue weighted by Gasteiger charge is -2.20. The molecular weight excluding hydrogens is 346 g/mol. The van der Waals surface area contributed by atoms with Crippen molar-refractivity contribution >= 4 is 34.2 Å². The summed E-state index contributed by atoms with van der Waals surface area (Å²) in [5.74, 6) is -0.137. The van der Waals surface area contributed by atoms with E-state index >= 15 is 0 Å². The molecule has 0 aliphatic rings. The van der Waals surface area contributed by atoms with Gasteiger partial charge in [-0.05, 0) is 42.0 Å². The molecule has 1 heterocycles. The Balaban J connectivity index is 1.79. The summed E-state index contributed by atoms with van der Waals surface area (Å²) in [6, 6.07) is 23.9. The minimum atomic E-state index is -0.556. The molecule has 4 rings (SSSR count). The zero-order chi connectivity index (χ0) is 17.9. The van der Waals surface area contributed by atoms with Crippen molar-refractivity contribution in [2.45, 2.75) is 6.04 Å². The van der Waals surface area contributed by atoms with Crippen LogP contribution in [0.5, 0.6) is 0 Å². The van der Waals surface area contributed by atoms with Crippen LogP contribution in [0.15, 0.2) is 85.2 Å². The zero-order valence-corrected chi connectivity index (χ0v) is 14.6. The van der Waals surface area contributed by atoms with E-state index in [0.29, 0.717) is 5.02 Å². The van der Waals surface area contributed by atoms with Gasteiger partial charge in [0.05, 0.1) is 17.4 Å². The largest absolute Gasteiger partial charge is 0.324 e. The van der Waals surface area contributed by atoms with Gasteiger partial charge in [-0.25, -0.2) is 4.98 Å². The molecule has 26 heavy (non-hydrogen) atoms. The molecule has 0 fully saturated rings. The van der Waals surface area contributed by atoms with E-state index in [1.807, 2.05) is 71.3 Å². The van der Waals surface area contributed by atoms with E-state index in [9.17, 15) is 4.79 Å². The van der Waals surface area contributed by atoms with Crippen LogP contribution in [-0.2, 0) is 4.79 Å². The van der Waals surface area contributed by atoms with Gasteiger partial charge in [0.15, 0.2) is 0 Å². The van der Waals surface area contributed by atoms with Crippen LogP contribution in [0.3, 0.4) is 0 Å². The fourth-order valence-corrected chi connectivity index (χ4v) is 3.13. The van der Waals surface area contributed by atoms with E-state index in [1.165, 1.54) is 0 Å². The van der Waals surface area contributed by atoms with E-state index in [-0.39, 0.29) is 5.91 Å². The number of aromatic nitrogens is 2. The Labute approximate surface area is 156 Å². The second kappa shape index (κ2) is 7.02. The highest BCUT2D eigenvalue weighted by molar-refractivity contribution is 6.30. The molecule has 4 nitrogen and oxygen atoms in total. The third-order valence-corrected chi connectivity index (χ3v) is 4.49. The maximum atomic E-state index is 13.1. The van der Waals surface area contributed by atoms with Gasteiger partial charge in [-0.1, -0.05) is 54.1 Å². The molecule has 1 aromatic heterocycles. The molecule has 0 bridgehead atoms. The summed E-state index contributed by atoms with van der Waals surface area (Å²) in [4.78, 5) is 17.6. The number of nitrogens with zero attached hydrogens (tertiary/aromatic N) is 2. The van der Waals surface area contributed by atoms with Crippen LogP contribution < -0.4 is 5.32 Å². The van der Waals surface area contributed by atoms with Crippen LogP contribution in [0.4, 0.5) is 5.69 Å². The first-order chi connectivity index (χ1) is 12.7. The second-order valence-corrected chi connectivity index (χ2v) is 6.39. The van der Waals surface area contributed by atoms with Gasteiger partial charge in [0.1, 0.15) is 6.04 Å². The number of nitrogens with one attached hydrogen (secondary N) is 1. The van der Waals surface area contributed by atoms with Gasteiger partial charge in [0, 0.05) is 10.7 Å². The molecule has 0 aliphatic carbocycles. The maximum Gasteiger partial charge on any atom is 0.252 e. The number of para-hydroxylation sites is 3. The quantitative estimate of drug-likeness (QED) is 0.561. The number of amides is 1. The van der Waals surface area contributed by atoms with E-state index in [1.54, 1.807) is 18.5 Å². The molecular formula is C21H16ClN3O. The van der Waals surface area contributed by atoms with Crippen molar-refractivity contribution in [2.24, 2.45) is 0 Å². The number of imidazole rings is 1. The van der Waals surface area contributed by atoms with Crippen molar-refractivity contribution in [3.8, 4) is 0 Å². The second-order valence-electron chi connectivity index (χ2n) is 5.95. The van der Waals surface area contributed by atoms with E-state index in [4.69, 9.17) is 11.6 Å². The highest BCUT2D eigenvalue weighted by Gasteiger charge is 2.24. The Kier molecular flexibility index (Phi) is 4.42. The molecule has 1 amide bonds. The van der Waals surface area contributed by atoms with Crippen molar-refractivity contribution in [1.82, 2.24) is 9.55 Å². The summed E-state index contributed by atoms with van der Waals surface area (Å²) < 4.78 is 1.89. The summed E-state index contributed by atoms with van der Waals surface area (Å²) in [6.45, 7) is 0. The third kappa shape index (κ3) is 3.19. The number of benzene rings is 3. The Morgan fingerprint density at radius 1 is 0.923 bits per heavy atom. The van der Waals surface area contributed by atoms with Crippen molar-refractivity contribution < 1.29 is 4.79 Å². The molecule has 128 valence electrons. The molecule has 0 radical (unpaired) electrons. The molecule has 3 aromatic carbocycles. The highest BCUT2D eigenvalue weighted by atomic mass is 35.5. The number of carbonyl (C=O) groups excluding carboxylic acids is 1. The summed E-state index contributed by atoms with van der Waals surface area (Å²) >= 11 is 6.03. The minimum absolute atomic E-state index is 0.137. The first-order valence-corrected chi connectivity index (χ1v) is 8.63. The normalized spacial score (nSPS) is 12.0. The van der Waals surface area contributed by atoms with Crippen LogP contribution in [0, 0.1) is 0 Å². The molecule has 0 unspecified atom stereocenters. The topological polar surface area (TPSA) is 46.9 Å². The number of hydrogen-bond donors (Lipinski definition) is 1. The van der Waals surface area contributed by atoms with Gasteiger partial charge in [0.25, 0.3) is 5.91 Å². The van der Waals surface area contributed by atoms with Crippen LogP contribution in [0.25, 0.3) is 11.0 Å². The number of halogens is 1. The molecule has 0 saturated carbocycles. The maximum absolute atomic E-state index is 13.1. The van der Waals surface area contributed by atoms with Crippen molar-refractivity contribution in [1.29, 1.82) is 0 Å². The Morgan fingerprint density at radius 3 is 2.38 bits per heavy atom. The predicted molar refractivity (Wildman–Crippen MR) is 104 cm³/mol. The fraction of sp³-hybridized carbons (Fsp3) is 0.0476. The standard InChI is InChI=1S/C21H16ClN3O/c22-16-12-10-15(11-13-16)20(21(26)24-17-6-2-1-3-7-17)25-14-23-18-8-4-5-9-19(18)25/h1-14,20H,(H,24,26)/t20-/m0/s1. The number of anilines is 1. The molecule has 0 saturated heterocycles. The van der Waals surface area contributed by atoms with Crippen LogP contribution >= 0.6 is 11.6 Å². The van der Waals surface area contributed by atoms with E-state index < -0.39 is 6.04 Å². The first-order valence-electron chi connectivity index (χ1n) is 8.25. The number of rotatable bonds is 4. The molecule has 4 aromatic rings. The minimum Gasteiger partial charge on any atom is -0.324 e. The lowest BCUT2D eigenvalue weighted by atomic mass is 10.1. The molecule has 0 aliphatic heterocycles. The van der Waals surface area contributed by atoms with Gasteiger partial charge in [-0.2, -0.15) is 0 Å². The predicted octanol–water partition coefficient (Wildman–Crippen LogP) is 4.92. The van der Waals surface area contributed by atoms with Gasteiger partial charge >= 0.3 is 0 Å². The average molecular weight is 362 g/mol. The molecule has 5 heteroatoms. The lowest BCUT2D eigenvalue weighted by molar-refractivity contribution is -0.118. The van der Waals surface area contributed by atoms with Crippen LogP contribution in [-0.4, -0.2) is 15.5 Å². The zero-order valence-electron chi connectivity index (χ0n) is 13.8. The van der Waals surface area contributed by atoms with Crippen LogP contribution in [0.2, 0.25) is 5.02 Å². The lowest BCUT2D eigenvalue weighted by Crippen LogP contribution is -2.26. The summed E-state index contributed by atoms with van der Waals surface area (Å²) in [7, 11) is 0. The van der Waals surface area contributed by atoms with Gasteiger partial charge in [-0.15, -0.1) is 0 Å². The Morgan fingerprint density at radius 2 is 1.62 bits per heavy atom. The number of carbonyl (C=O) groups is 1. The molecule has 0 spiro atoms. The number of hydrogen-bond acceptors (Lipinski definition) is 2. The Bertz CT molecular complexity index is 1040. The summed E-state index contributed by atoms with van der Waals surface area (Å²) in [5, 5.41) is 3.62. The van der Waals surface area contributed by atoms with Crippen molar-refractivity contribution in [3.05, 3.63) is 95.8 Å². The van der Waals surface area contributed by atoms with Crippen molar-refractivity contribution in [2.75, 3.05) is 5.32 Å². The fourth-order valence-electron chi connectivity index (χ4n) is 3.00. The molecule has 1 atom stereocenters. The van der Waals surface area contributed by atoms with E-state index in [0.717, 1.165) is 22.3 Å². The van der Waals surface area contributed by atoms with Crippen molar-refractivity contribution in [3.63, 3.8) is 0 Å². The monoisotopic (exact) mass is 361 g/mol. The van der Waals surface area contributed by atoms with Gasteiger partial charge in [-0.3, -0.25) is 4.79 Å². The van der Waals surface area contributed by atoms with Crippen LogP contribution in [0.1, 0.15) is 11.6 Å². The molecule has 1 N–H and O–H groups in total. The average Bonchev–Trinajstić information content (AvgIpc) is 3.08. The van der Waals surface area contributed by atoms with Gasteiger partial charge in [0.2, 0.25) is 0 Å². The smallest absolute Gasteiger partial charge is 0.252 e. The summed E-state index contributed by atoms with van der Waals surface area (Å²) in [6.07, 6.45) is 1.70. The first kappa shape index (κ1) is 16.4. The highest BCUT2D eigenvalue weighted by Crippen LogP contribution is 2.26. The SMILES string of the molecule is O=C(Nc1ccccc1)[C@H](c1ccc(Cl)cc1)n1cnc2ccccc21. The van der Waals surface area contributed by atoms with Gasteiger partial charge < -0.3 is 9.88 Å². The third-order valence-electron chi connectivity index (χ3n) is 4.23. The Hall–Kier alpha value is -3.11.